The Bertz CT molecular complexity index is 925. The molecule has 0 heterocycles. The number of hydrogen-bond donors (Lipinski definition) is 1. The number of para-hydroxylation sites is 1. The molecule has 0 spiro atoms. The maximum absolute atomic E-state index is 12.1. The van der Waals surface area contributed by atoms with Crippen molar-refractivity contribution in [3.8, 4) is 0 Å². The van der Waals surface area contributed by atoms with Crippen molar-refractivity contribution in [2.24, 2.45) is 0 Å². The third kappa shape index (κ3) is 5.22. The Morgan fingerprint density at radius 1 is 1.12 bits per heavy atom. The summed E-state index contributed by atoms with van der Waals surface area (Å²) in [6.07, 6.45) is 1.43. The standard InChI is InChI=1S/C17H16Cl2N2O3S/c1-21(2)16-6-4-3-5-12(16)9-10-25(23,24)20-17(22)14-8-7-13(18)11-15(14)19/h3-11H,1-2H3,(H,20,22)/b10-9+. The lowest BCUT2D eigenvalue weighted by atomic mass is 10.1. The number of sulfonamides is 1. The molecule has 1 amide bonds. The molecule has 1 N–H and O–H groups in total. The quantitative estimate of drug-likeness (QED) is 0.831. The molecule has 0 saturated carbocycles. The van der Waals surface area contributed by atoms with Gasteiger partial charge in [0.2, 0.25) is 0 Å². The fourth-order valence-corrected chi connectivity index (χ4v) is 3.35. The number of amides is 1. The molecule has 0 aromatic heterocycles. The molecule has 2 aromatic carbocycles. The topological polar surface area (TPSA) is 66.5 Å². The summed E-state index contributed by atoms with van der Waals surface area (Å²) in [5.41, 5.74) is 1.58. The van der Waals surface area contributed by atoms with E-state index in [1.54, 1.807) is 12.1 Å². The van der Waals surface area contributed by atoms with Crippen molar-refractivity contribution in [2.45, 2.75) is 0 Å². The molecule has 0 aliphatic carbocycles. The van der Waals surface area contributed by atoms with Crippen LogP contribution in [0.25, 0.3) is 6.08 Å². The van der Waals surface area contributed by atoms with E-state index in [4.69, 9.17) is 23.2 Å². The lowest BCUT2D eigenvalue weighted by Gasteiger charge is -2.15. The second kappa shape index (κ2) is 7.91. The molecule has 25 heavy (non-hydrogen) atoms. The smallest absolute Gasteiger partial charge is 0.266 e. The minimum atomic E-state index is -3.99. The Morgan fingerprint density at radius 3 is 2.44 bits per heavy atom. The van der Waals surface area contributed by atoms with Gasteiger partial charge in [-0.05, 0) is 35.9 Å². The molecule has 0 radical (unpaired) electrons. The highest BCUT2D eigenvalue weighted by atomic mass is 35.5. The number of nitrogens with one attached hydrogen (secondary N) is 1. The Kier molecular flexibility index (Phi) is 6.11. The molecule has 0 aliphatic rings. The number of rotatable bonds is 5. The molecule has 0 aliphatic heterocycles. The van der Waals surface area contributed by atoms with Gasteiger partial charge in [-0.25, -0.2) is 13.1 Å². The van der Waals surface area contributed by atoms with Gasteiger partial charge in [-0.3, -0.25) is 4.79 Å². The second-order valence-corrected chi connectivity index (χ2v) is 7.77. The normalized spacial score (nSPS) is 11.5. The molecule has 5 nitrogen and oxygen atoms in total. The van der Waals surface area contributed by atoms with Gasteiger partial charge >= 0.3 is 0 Å². The van der Waals surface area contributed by atoms with Crippen LogP contribution in [0.5, 0.6) is 0 Å². The van der Waals surface area contributed by atoms with E-state index in [9.17, 15) is 13.2 Å². The first kappa shape index (κ1) is 19.3. The van der Waals surface area contributed by atoms with Gasteiger partial charge in [0.15, 0.2) is 0 Å². The van der Waals surface area contributed by atoms with Crippen LogP contribution in [0.15, 0.2) is 47.9 Å². The van der Waals surface area contributed by atoms with Crippen molar-refractivity contribution in [1.82, 2.24) is 4.72 Å². The molecule has 2 aromatic rings. The van der Waals surface area contributed by atoms with Crippen molar-refractivity contribution in [2.75, 3.05) is 19.0 Å². The molecule has 8 heteroatoms. The lowest BCUT2D eigenvalue weighted by Crippen LogP contribution is -2.29. The van der Waals surface area contributed by atoms with E-state index < -0.39 is 15.9 Å². The SMILES string of the molecule is CN(C)c1ccccc1/C=C/S(=O)(=O)NC(=O)c1ccc(Cl)cc1Cl. The zero-order valence-electron chi connectivity index (χ0n) is 13.5. The van der Waals surface area contributed by atoms with Crippen LogP contribution in [0.3, 0.4) is 0 Å². The van der Waals surface area contributed by atoms with Gasteiger partial charge < -0.3 is 4.90 Å². The monoisotopic (exact) mass is 398 g/mol. The van der Waals surface area contributed by atoms with Crippen molar-refractivity contribution < 1.29 is 13.2 Å². The van der Waals surface area contributed by atoms with E-state index in [2.05, 4.69) is 0 Å². The predicted octanol–water partition coefficient (Wildman–Crippen LogP) is 3.79. The van der Waals surface area contributed by atoms with Gasteiger partial charge in [0, 0.05) is 24.8 Å². The van der Waals surface area contributed by atoms with Crippen molar-refractivity contribution in [1.29, 1.82) is 0 Å². The number of hydrogen-bond acceptors (Lipinski definition) is 4. The number of nitrogens with zero attached hydrogens (tertiary/aromatic N) is 1. The summed E-state index contributed by atoms with van der Waals surface area (Å²) >= 11 is 11.7. The molecule has 0 saturated heterocycles. The minimum Gasteiger partial charge on any atom is -0.377 e. The van der Waals surface area contributed by atoms with E-state index in [-0.39, 0.29) is 10.6 Å². The fourth-order valence-electron chi connectivity index (χ4n) is 2.09. The Morgan fingerprint density at radius 2 is 1.80 bits per heavy atom. The largest absolute Gasteiger partial charge is 0.377 e. The van der Waals surface area contributed by atoms with Gasteiger partial charge in [0.05, 0.1) is 16.0 Å². The molecule has 132 valence electrons. The number of carbonyl (C=O) groups is 1. The molecule has 0 bridgehead atoms. The van der Waals surface area contributed by atoms with Gasteiger partial charge in [-0.1, -0.05) is 41.4 Å². The second-order valence-electron chi connectivity index (χ2n) is 5.36. The number of benzene rings is 2. The summed E-state index contributed by atoms with van der Waals surface area (Å²) in [4.78, 5) is 14.0. The molecule has 0 fully saturated rings. The molecule has 2 rings (SSSR count). The minimum absolute atomic E-state index is 0.0248. The van der Waals surface area contributed by atoms with Crippen molar-refractivity contribution in [3.63, 3.8) is 0 Å². The van der Waals surface area contributed by atoms with Crippen LogP contribution in [0, 0.1) is 0 Å². The van der Waals surface area contributed by atoms with E-state index in [0.717, 1.165) is 11.1 Å². The number of anilines is 1. The van der Waals surface area contributed by atoms with Crippen molar-refractivity contribution in [3.05, 3.63) is 69.0 Å². The van der Waals surface area contributed by atoms with Crippen LogP contribution in [0.1, 0.15) is 15.9 Å². The maximum Gasteiger partial charge on any atom is 0.266 e. The predicted molar refractivity (Wildman–Crippen MR) is 103 cm³/mol. The highest BCUT2D eigenvalue weighted by Crippen LogP contribution is 2.22. The van der Waals surface area contributed by atoms with Gasteiger partial charge in [0.1, 0.15) is 0 Å². The Labute approximate surface area is 156 Å². The summed E-state index contributed by atoms with van der Waals surface area (Å²) < 4.78 is 26.2. The van der Waals surface area contributed by atoms with Crippen LogP contribution in [-0.2, 0) is 10.0 Å². The summed E-state index contributed by atoms with van der Waals surface area (Å²) in [5.74, 6) is -0.827. The Hall–Kier alpha value is -2.02. The van der Waals surface area contributed by atoms with Crippen molar-refractivity contribution >= 4 is 50.9 Å². The van der Waals surface area contributed by atoms with Gasteiger partial charge in [-0.15, -0.1) is 0 Å². The molecule has 0 atom stereocenters. The van der Waals surface area contributed by atoms with Gasteiger partial charge in [-0.2, -0.15) is 0 Å². The van der Waals surface area contributed by atoms with E-state index >= 15 is 0 Å². The fraction of sp³-hybridized carbons (Fsp3) is 0.118. The zero-order valence-corrected chi connectivity index (χ0v) is 15.9. The highest BCUT2D eigenvalue weighted by molar-refractivity contribution is 7.93. The lowest BCUT2D eigenvalue weighted by molar-refractivity contribution is 0.0982. The van der Waals surface area contributed by atoms with Crippen LogP contribution in [0.4, 0.5) is 5.69 Å². The van der Waals surface area contributed by atoms with Gasteiger partial charge in [0.25, 0.3) is 15.9 Å². The number of carbonyl (C=O) groups excluding carboxylic acids is 1. The molecule has 0 unspecified atom stereocenters. The van der Waals surface area contributed by atoms with Crippen LogP contribution in [0.2, 0.25) is 10.0 Å². The van der Waals surface area contributed by atoms with Crippen LogP contribution in [-0.4, -0.2) is 28.4 Å². The third-order valence-corrected chi connectivity index (χ3v) is 4.77. The summed E-state index contributed by atoms with van der Waals surface area (Å²) in [5, 5.41) is 1.36. The zero-order chi connectivity index (χ0) is 18.6. The highest BCUT2D eigenvalue weighted by Gasteiger charge is 2.16. The summed E-state index contributed by atoms with van der Waals surface area (Å²) in [6.45, 7) is 0. The first-order chi connectivity index (χ1) is 11.7. The van der Waals surface area contributed by atoms with E-state index in [1.165, 1.54) is 24.3 Å². The first-order valence-corrected chi connectivity index (χ1v) is 9.46. The maximum atomic E-state index is 12.1. The van der Waals surface area contributed by atoms with Crippen LogP contribution >= 0.6 is 23.2 Å². The van der Waals surface area contributed by atoms with Crippen LogP contribution < -0.4 is 9.62 Å². The average molecular weight is 399 g/mol. The Balaban J connectivity index is 2.21. The van der Waals surface area contributed by atoms with E-state index in [1.807, 2.05) is 35.9 Å². The number of halogens is 2. The summed E-state index contributed by atoms with van der Waals surface area (Å²) in [7, 11) is -0.281. The molecular formula is C17H16Cl2N2O3S. The average Bonchev–Trinajstić information content (AvgIpc) is 2.52. The first-order valence-electron chi connectivity index (χ1n) is 7.16. The summed E-state index contributed by atoms with van der Waals surface area (Å²) in [6, 6.07) is 11.5. The van der Waals surface area contributed by atoms with E-state index in [0.29, 0.717) is 10.6 Å². The molecular weight excluding hydrogens is 383 g/mol. The third-order valence-electron chi connectivity index (χ3n) is 3.26.